The summed E-state index contributed by atoms with van der Waals surface area (Å²) in [4.78, 5) is 15.9. The van der Waals surface area contributed by atoms with Crippen LogP contribution in [0.1, 0.15) is 25.3 Å². The molecule has 0 aromatic heterocycles. The van der Waals surface area contributed by atoms with Crippen molar-refractivity contribution in [3.8, 4) is 11.5 Å². The summed E-state index contributed by atoms with van der Waals surface area (Å²) in [7, 11) is 4.91. The lowest BCUT2D eigenvalue weighted by Gasteiger charge is -2.14. The van der Waals surface area contributed by atoms with E-state index in [-0.39, 0.29) is 29.9 Å². The minimum atomic E-state index is 0. The van der Waals surface area contributed by atoms with Crippen LogP contribution in [0.5, 0.6) is 11.5 Å². The van der Waals surface area contributed by atoms with E-state index in [1.165, 1.54) is 0 Å². The number of carbonyl (C=O) groups is 1. The van der Waals surface area contributed by atoms with E-state index in [0.29, 0.717) is 30.4 Å². The second-order valence-corrected chi connectivity index (χ2v) is 6.12. The van der Waals surface area contributed by atoms with Gasteiger partial charge < -0.3 is 25.4 Å². The standard InChI is InChI=1S/C21H28N4O3.HI/c1-5-6-20(26)24-16-9-7-15(8-10-16)14-23-21(22-2)25-17-11-12-18(27-3)19(13-17)28-4;/h7-13H,5-6,14H2,1-4H3,(H,24,26)(H2,22,23,25);1H. The van der Waals surface area contributed by atoms with Gasteiger partial charge in [0.15, 0.2) is 17.5 Å². The van der Waals surface area contributed by atoms with Gasteiger partial charge in [-0.3, -0.25) is 9.79 Å². The van der Waals surface area contributed by atoms with Crippen LogP contribution in [0, 0.1) is 0 Å². The monoisotopic (exact) mass is 512 g/mol. The Hall–Kier alpha value is -2.49. The van der Waals surface area contributed by atoms with Gasteiger partial charge in [0.25, 0.3) is 0 Å². The summed E-state index contributed by atoms with van der Waals surface area (Å²) in [6, 6.07) is 13.3. The number of benzene rings is 2. The van der Waals surface area contributed by atoms with E-state index in [1.54, 1.807) is 21.3 Å². The normalized spacial score (nSPS) is 10.6. The van der Waals surface area contributed by atoms with Crippen LogP contribution in [-0.2, 0) is 11.3 Å². The number of nitrogens with one attached hydrogen (secondary N) is 3. The first-order valence-electron chi connectivity index (χ1n) is 9.18. The van der Waals surface area contributed by atoms with Crippen molar-refractivity contribution in [2.45, 2.75) is 26.3 Å². The molecule has 2 rings (SSSR count). The van der Waals surface area contributed by atoms with Crippen molar-refractivity contribution in [1.29, 1.82) is 0 Å². The number of hydrogen-bond acceptors (Lipinski definition) is 4. The Morgan fingerprint density at radius 1 is 0.966 bits per heavy atom. The third kappa shape index (κ3) is 7.80. The molecule has 2 aromatic rings. The summed E-state index contributed by atoms with van der Waals surface area (Å²) in [6.45, 7) is 2.58. The zero-order valence-electron chi connectivity index (χ0n) is 17.2. The minimum absolute atomic E-state index is 0. The quantitative estimate of drug-likeness (QED) is 0.280. The molecule has 3 N–H and O–H groups in total. The summed E-state index contributed by atoms with van der Waals surface area (Å²) in [5, 5.41) is 9.36. The summed E-state index contributed by atoms with van der Waals surface area (Å²) in [5.41, 5.74) is 2.71. The molecule has 0 aliphatic heterocycles. The van der Waals surface area contributed by atoms with Crippen LogP contribution in [0.2, 0.25) is 0 Å². The molecular weight excluding hydrogens is 483 g/mol. The lowest BCUT2D eigenvalue weighted by Crippen LogP contribution is -2.30. The summed E-state index contributed by atoms with van der Waals surface area (Å²) in [5.74, 6) is 1.98. The van der Waals surface area contributed by atoms with Gasteiger partial charge in [-0.15, -0.1) is 24.0 Å². The zero-order valence-corrected chi connectivity index (χ0v) is 19.6. The molecule has 0 unspecified atom stereocenters. The number of halogens is 1. The van der Waals surface area contributed by atoms with Gasteiger partial charge in [-0.25, -0.2) is 0 Å². The van der Waals surface area contributed by atoms with Gasteiger partial charge in [-0.2, -0.15) is 0 Å². The van der Waals surface area contributed by atoms with Crippen molar-refractivity contribution in [2.24, 2.45) is 4.99 Å². The van der Waals surface area contributed by atoms with Crippen molar-refractivity contribution < 1.29 is 14.3 Å². The molecule has 7 nitrogen and oxygen atoms in total. The number of nitrogens with zero attached hydrogens (tertiary/aromatic N) is 1. The highest BCUT2D eigenvalue weighted by atomic mass is 127. The molecular formula is C21H29IN4O3. The van der Waals surface area contributed by atoms with Crippen molar-refractivity contribution >= 4 is 47.2 Å². The average Bonchev–Trinajstić information content (AvgIpc) is 2.72. The second kappa shape index (κ2) is 12.9. The van der Waals surface area contributed by atoms with E-state index in [1.807, 2.05) is 49.4 Å². The fraction of sp³-hybridized carbons (Fsp3) is 0.333. The van der Waals surface area contributed by atoms with Crippen molar-refractivity contribution in [1.82, 2.24) is 5.32 Å². The van der Waals surface area contributed by atoms with Gasteiger partial charge >= 0.3 is 0 Å². The van der Waals surface area contributed by atoms with Crippen LogP contribution >= 0.6 is 24.0 Å². The molecule has 0 radical (unpaired) electrons. The number of hydrogen-bond donors (Lipinski definition) is 3. The average molecular weight is 512 g/mol. The summed E-state index contributed by atoms with van der Waals surface area (Å²) >= 11 is 0. The van der Waals surface area contributed by atoms with Gasteiger partial charge in [0.2, 0.25) is 5.91 Å². The molecule has 0 aliphatic rings. The fourth-order valence-electron chi connectivity index (χ4n) is 2.57. The minimum Gasteiger partial charge on any atom is -0.493 e. The van der Waals surface area contributed by atoms with Crippen LogP contribution in [0.3, 0.4) is 0 Å². The Balaban J connectivity index is 0.00000420. The Bertz CT molecular complexity index is 810. The van der Waals surface area contributed by atoms with Crippen LogP contribution in [0.4, 0.5) is 11.4 Å². The third-order valence-electron chi connectivity index (χ3n) is 4.04. The lowest BCUT2D eigenvalue weighted by molar-refractivity contribution is -0.116. The highest BCUT2D eigenvalue weighted by Gasteiger charge is 2.06. The number of anilines is 2. The molecule has 0 bridgehead atoms. The van der Waals surface area contributed by atoms with Crippen molar-refractivity contribution in [3.63, 3.8) is 0 Å². The first-order valence-corrected chi connectivity index (χ1v) is 9.18. The van der Waals surface area contributed by atoms with Gasteiger partial charge in [-0.05, 0) is 36.2 Å². The van der Waals surface area contributed by atoms with E-state index in [9.17, 15) is 4.79 Å². The molecule has 0 saturated carbocycles. The zero-order chi connectivity index (χ0) is 20.4. The van der Waals surface area contributed by atoms with Crippen LogP contribution in [0.25, 0.3) is 0 Å². The van der Waals surface area contributed by atoms with Crippen LogP contribution in [-0.4, -0.2) is 33.1 Å². The van der Waals surface area contributed by atoms with Crippen LogP contribution < -0.4 is 25.4 Å². The van der Waals surface area contributed by atoms with Gasteiger partial charge in [0.1, 0.15) is 0 Å². The molecule has 0 saturated heterocycles. The maximum absolute atomic E-state index is 11.6. The number of methoxy groups -OCH3 is 2. The molecule has 0 atom stereocenters. The number of guanidine groups is 1. The maximum Gasteiger partial charge on any atom is 0.224 e. The molecule has 158 valence electrons. The summed E-state index contributed by atoms with van der Waals surface area (Å²) < 4.78 is 10.6. The number of amides is 1. The Labute approximate surface area is 189 Å². The largest absolute Gasteiger partial charge is 0.493 e. The highest BCUT2D eigenvalue weighted by Crippen LogP contribution is 2.29. The van der Waals surface area contributed by atoms with E-state index >= 15 is 0 Å². The van der Waals surface area contributed by atoms with E-state index in [2.05, 4.69) is 20.9 Å². The molecule has 1 amide bonds. The third-order valence-corrected chi connectivity index (χ3v) is 4.04. The molecule has 2 aromatic carbocycles. The maximum atomic E-state index is 11.6. The van der Waals surface area contributed by atoms with Gasteiger partial charge in [-0.1, -0.05) is 19.1 Å². The first kappa shape index (κ1) is 24.5. The number of carbonyl (C=O) groups excluding carboxylic acids is 1. The van der Waals surface area contributed by atoms with E-state index in [0.717, 1.165) is 23.4 Å². The Morgan fingerprint density at radius 3 is 2.21 bits per heavy atom. The fourth-order valence-corrected chi connectivity index (χ4v) is 2.57. The smallest absolute Gasteiger partial charge is 0.224 e. The van der Waals surface area contributed by atoms with Crippen molar-refractivity contribution in [3.05, 3.63) is 48.0 Å². The SMILES string of the molecule is CCCC(=O)Nc1ccc(CNC(=NC)Nc2ccc(OC)c(OC)c2)cc1.I. The predicted molar refractivity (Wildman–Crippen MR) is 129 cm³/mol. The molecule has 29 heavy (non-hydrogen) atoms. The predicted octanol–water partition coefficient (Wildman–Crippen LogP) is 4.25. The molecule has 8 heteroatoms. The van der Waals surface area contributed by atoms with E-state index in [4.69, 9.17) is 9.47 Å². The van der Waals surface area contributed by atoms with Gasteiger partial charge in [0.05, 0.1) is 14.2 Å². The Kier molecular flexibility index (Phi) is 10.9. The first-order chi connectivity index (χ1) is 13.6. The number of aliphatic imine (C=N–C) groups is 1. The van der Waals surface area contributed by atoms with Crippen LogP contribution in [0.15, 0.2) is 47.5 Å². The second-order valence-electron chi connectivity index (χ2n) is 6.12. The molecule has 0 spiro atoms. The van der Waals surface area contributed by atoms with E-state index < -0.39 is 0 Å². The molecule has 0 heterocycles. The number of ether oxygens (including phenoxy) is 2. The molecule has 0 aliphatic carbocycles. The van der Waals surface area contributed by atoms with Crippen molar-refractivity contribution in [2.75, 3.05) is 31.9 Å². The topological polar surface area (TPSA) is 84.0 Å². The number of rotatable bonds is 8. The molecule has 0 fully saturated rings. The highest BCUT2D eigenvalue weighted by molar-refractivity contribution is 14.0. The van der Waals surface area contributed by atoms with Gasteiger partial charge in [0, 0.05) is 37.5 Å². The summed E-state index contributed by atoms with van der Waals surface area (Å²) in [6.07, 6.45) is 1.36. The Morgan fingerprint density at radius 2 is 1.62 bits per heavy atom. The lowest BCUT2D eigenvalue weighted by atomic mass is 10.2.